The Bertz CT molecular complexity index is 1310. The third-order valence-electron chi connectivity index (χ3n) is 5.18. The number of amides is 1. The lowest BCUT2D eigenvalue weighted by atomic mass is 10.0. The number of fused-ring (bicyclic) bond motifs is 2. The number of carbonyl (C=O) groups excluding carboxylic acids is 1. The molecule has 0 aliphatic carbocycles. The maximum Gasteiger partial charge on any atom is 0.256 e. The Hall–Kier alpha value is -3.37. The van der Waals surface area contributed by atoms with Crippen molar-refractivity contribution < 1.29 is 9.18 Å². The van der Waals surface area contributed by atoms with E-state index < -0.39 is 0 Å². The average Bonchev–Trinajstić information content (AvgIpc) is 3.21. The molecule has 0 radical (unpaired) electrons. The van der Waals surface area contributed by atoms with Crippen LogP contribution in [0.1, 0.15) is 16.7 Å². The molecule has 0 fully saturated rings. The van der Waals surface area contributed by atoms with E-state index in [1.54, 1.807) is 24.3 Å². The van der Waals surface area contributed by atoms with E-state index >= 15 is 0 Å². The van der Waals surface area contributed by atoms with Gasteiger partial charge in [0.1, 0.15) is 5.82 Å². The van der Waals surface area contributed by atoms with Gasteiger partial charge >= 0.3 is 0 Å². The smallest absolute Gasteiger partial charge is 0.256 e. The first-order valence-electron chi connectivity index (χ1n) is 9.24. The molecule has 0 saturated carbocycles. The van der Waals surface area contributed by atoms with Gasteiger partial charge in [-0.25, -0.2) is 4.39 Å². The van der Waals surface area contributed by atoms with E-state index in [1.165, 1.54) is 6.07 Å². The van der Waals surface area contributed by atoms with Crippen LogP contribution < -0.4 is 5.32 Å². The Morgan fingerprint density at radius 3 is 2.69 bits per heavy atom. The Kier molecular flexibility index (Phi) is 4.22. The lowest BCUT2D eigenvalue weighted by Crippen LogP contribution is -2.03. The Balaban J connectivity index is 1.63. The van der Waals surface area contributed by atoms with E-state index in [0.717, 1.165) is 22.0 Å². The number of rotatable bonds is 3. The fourth-order valence-electron chi connectivity index (χ4n) is 3.80. The molecule has 5 heteroatoms. The van der Waals surface area contributed by atoms with Crippen LogP contribution in [0.3, 0.4) is 0 Å². The third-order valence-corrected chi connectivity index (χ3v) is 5.42. The van der Waals surface area contributed by atoms with Crippen molar-refractivity contribution in [3.05, 3.63) is 100 Å². The van der Waals surface area contributed by atoms with Gasteiger partial charge in [0.2, 0.25) is 0 Å². The monoisotopic (exact) mass is 402 g/mol. The predicted octanol–water partition coefficient (Wildman–Crippen LogP) is 5.97. The van der Waals surface area contributed by atoms with Crippen molar-refractivity contribution >= 4 is 45.7 Å². The Morgan fingerprint density at radius 1 is 1.03 bits per heavy atom. The summed E-state index contributed by atoms with van der Waals surface area (Å²) in [5.74, 6) is -0.389. The summed E-state index contributed by atoms with van der Waals surface area (Å²) in [6, 6.07) is 20.1. The highest BCUT2D eigenvalue weighted by Crippen LogP contribution is 2.36. The van der Waals surface area contributed by atoms with Gasteiger partial charge in [0, 0.05) is 44.4 Å². The van der Waals surface area contributed by atoms with Crippen molar-refractivity contribution in [1.29, 1.82) is 0 Å². The van der Waals surface area contributed by atoms with Crippen LogP contribution in [0.4, 0.5) is 10.1 Å². The minimum atomic E-state index is -0.230. The van der Waals surface area contributed by atoms with E-state index in [9.17, 15) is 9.18 Å². The highest BCUT2D eigenvalue weighted by atomic mass is 35.5. The van der Waals surface area contributed by atoms with Gasteiger partial charge in [0.15, 0.2) is 0 Å². The average molecular weight is 403 g/mol. The molecule has 29 heavy (non-hydrogen) atoms. The molecular formula is C24H16ClFN2O. The molecule has 3 aromatic carbocycles. The number of hydrogen-bond acceptors (Lipinski definition) is 1. The standard InChI is InChI=1S/C24H16ClFN2O/c25-17-9-10-19-20(24(29)27-22(19)12-17)11-16-14-28(23-8-4-2-6-18(16)23)13-15-5-1-3-7-21(15)26/h1-12,14H,13H2,(H,27,29)/b20-11+. The van der Waals surface area contributed by atoms with Crippen LogP contribution in [0, 0.1) is 5.82 Å². The topological polar surface area (TPSA) is 34.0 Å². The van der Waals surface area contributed by atoms with Gasteiger partial charge in [-0.15, -0.1) is 0 Å². The molecule has 4 aromatic rings. The SMILES string of the molecule is O=C1Nc2cc(Cl)ccc2/C1=C\c1cn(Cc2ccccc2F)c2ccccc12. The molecule has 5 rings (SSSR count). The summed E-state index contributed by atoms with van der Waals surface area (Å²) in [6.07, 6.45) is 3.85. The molecular weight excluding hydrogens is 387 g/mol. The second-order valence-corrected chi connectivity index (χ2v) is 7.46. The molecule has 0 atom stereocenters. The molecule has 142 valence electrons. The number of nitrogens with zero attached hydrogens (tertiary/aromatic N) is 1. The van der Waals surface area contributed by atoms with Crippen molar-refractivity contribution in [2.75, 3.05) is 5.32 Å². The first-order chi connectivity index (χ1) is 14.1. The quantitative estimate of drug-likeness (QED) is 0.420. The van der Waals surface area contributed by atoms with Gasteiger partial charge in [-0.1, -0.05) is 54.1 Å². The number of hydrogen-bond donors (Lipinski definition) is 1. The molecule has 0 spiro atoms. The number of carbonyl (C=O) groups is 1. The van der Waals surface area contributed by atoms with E-state index in [1.807, 2.05) is 53.2 Å². The van der Waals surface area contributed by atoms with Crippen molar-refractivity contribution in [1.82, 2.24) is 4.57 Å². The fraction of sp³-hybridized carbons (Fsp3) is 0.0417. The van der Waals surface area contributed by atoms with E-state index in [4.69, 9.17) is 11.6 Å². The summed E-state index contributed by atoms with van der Waals surface area (Å²) in [4.78, 5) is 12.5. The molecule has 1 aliphatic heterocycles. The molecule has 2 heterocycles. The zero-order valence-electron chi connectivity index (χ0n) is 15.3. The van der Waals surface area contributed by atoms with Crippen LogP contribution in [0.5, 0.6) is 0 Å². The Morgan fingerprint density at radius 2 is 1.83 bits per heavy atom. The summed E-state index contributed by atoms with van der Waals surface area (Å²) in [5, 5.41) is 4.44. The maximum atomic E-state index is 14.2. The normalized spacial score (nSPS) is 14.4. The molecule has 1 N–H and O–H groups in total. The van der Waals surface area contributed by atoms with Crippen LogP contribution in [0.2, 0.25) is 5.02 Å². The first kappa shape index (κ1) is 17.7. The largest absolute Gasteiger partial charge is 0.342 e. The summed E-state index contributed by atoms with van der Waals surface area (Å²) in [7, 11) is 0. The number of benzene rings is 3. The van der Waals surface area contributed by atoms with E-state index in [0.29, 0.717) is 28.4 Å². The minimum Gasteiger partial charge on any atom is -0.342 e. The van der Waals surface area contributed by atoms with Gasteiger partial charge in [-0.05, 0) is 30.3 Å². The number of aromatic nitrogens is 1. The van der Waals surface area contributed by atoms with Gasteiger partial charge < -0.3 is 9.88 Å². The van der Waals surface area contributed by atoms with Crippen LogP contribution in [-0.4, -0.2) is 10.5 Å². The molecule has 1 aromatic heterocycles. The summed E-state index contributed by atoms with van der Waals surface area (Å²) >= 11 is 6.05. The summed E-state index contributed by atoms with van der Waals surface area (Å²) < 4.78 is 16.2. The maximum absolute atomic E-state index is 14.2. The molecule has 1 aliphatic rings. The Labute approximate surface area is 172 Å². The van der Waals surface area contributed by atoms with Crippen molar-refractivity contribution in [2.45, 2.75) is 6.54 Å². The molecule has 0 unspecified atom stereocenters. The second kappa shape index (κ2) is 6.90. The molecule has 3 nitrogen and oxygen atoms in total. The summed E-state index contributed by atoms with van der Waals surface area (Å²) in [5.41, 5.74) is 4.63. The lowest BCUT2D eigenvalue weighted by Gasteiger charge is -2.06. The fourth-order valence-corrected chi connectivity index (χ4v) is 3.97. The van der Waals surface area contributed by atoms with Crippen molar-refractivity contribution in [3.63, 3.8) is 0 Å². The van der Waals surface area contributed by atoms with Gasteiger partial charge in [0.25, 0.3) is 5.91 Å². The van der Waals surface area contributed by atoms with Gasteiger partial charge in [-0.2, -0.15) is 0 Å². The zero-order chi connectivity index (χ0) is 20.0. The minimum absolute atomic E-state index is 0.159. The first-order valence-corrected chi connectivity index (χ1v) is 9.62. The molecule has 0 saturated heterocycles. The zero-order valence-corrected chi connectivity index (χ0v) is 16.1. The number of halogens is 2. The van der Waals surface area contributed by atoms with Crippen LogP contribution in [0.25, 0.3) is 22.6 Å². The van der Waals surface area contributed by atoms with Gasteiger partial charge in [-0.3, -0.25) is 4.79 Å². The lowest BCUT2D eigenvalue weighted by molar-refractivity contribution is -0.110. The van der Waals surface area contributed by atoms with Crippen LogP contribution in [0.15, 0.2) is 72.9 Å². The molecule has 1 amide bonds. The highest BCUT2D eigenvalue weighted by molar-refractivity contribution is 6.36. The number of anilines is 1. The van der Waals surface area contributed by atoms with Gasteiger partial charge in [0.05, 0.1) is 12.2 Å². The summed E-state index contributed by atoms with van der Waals surface area (Å²) in [6.45, 7) is 0.411. The van der Waals surface area contributed by atoms with Crippen LogP contribution >= 0.6 is 11.6 Å². The molecule has 0 bridgehead atoms. The van der Waals surface area contributed by atoms with Crippen molar-refractivity contribution in [3.8, 4) is 0 Å². The number of para-hydroxylation sites is 1. The van der Waals surface area contributed by atoms with Crippen LogP contribution in [-0.2, 0) is 11.3 Å². The highest BCUT2D eigenvalue weighted by Gasteiger charge is 2.24. The van der Waals surface area contributed by atoms with Crippen molar-refractivity contribution in [2.24, 2.45) is 0 Å². The predicted molar refractivity (Wildman–Crippen MR) is 115 cm³/mol. The number of nitrogens with one attached hydrogen (secondary N) is 1. The third kappa shape index (κ3) is 3.12. The second-order valence-electron chi connectivity index (χ2n) is 7.02. The van der Waals surface area contributed by atoms with E-state index in [-0.39, 0.29) is 11.7 Å². The van der Waals surface area contributed by atoms with E-state index in [2.05, 4.69) is 5.32 Å².